The molecular weight excluding hydrogens is 154 g/mol. The zero-order valence-corrected chi connectivity index (χ0v) is 6.79. The summed E-state index contributed by atoms with van der Waals surface area (Å²) in [6.45, 7) is 1.68. The van der Waals surface area contributed by atoms with Gasteiger partial charge in [0.05, 0.1) is 12.4 Å². The molecule has 0 radical (unpaired) electrons. The molecule has 64 valence electrons. The Hall–Kier alpha value is -1.32. The molecule has 0 fully saturated rings. The summed E-state index contributed by atoms with van der Waals surface area (Å²) >= 11 is 0. The largest absolute Gasteiger partial charge is 0.368 e. The Kier molecular flexibility index (Phi) is 2.07. The average Bonchev–Trinajstić information content (AvgIpc) is 2.74. The van der Waals surface area contributed by atoms with Crippen LogP contribution in [-0.4, -0.2) is 17.5 Å². The topological polar surface area (TPSA) is 50.4 Å². The molecule has 1 aromatic rings. The summed E-state index contributed by atoms with van der Waals surface area (Å²) in [5.74, 6) is 1.10. The first-order chi connectivity index (χ1) is 5.95. The minimum atomic E-state index is 0.718. The number of amidine groups is 1. The third kappa shape index (κ3) is 1.64. The summed E-state index contributed by atoms with van der Waals surface area (Å²) < 4.78 is 4.70. The normalized spacial score (nSPS) is 16.2. The number of aromatic nitrogens is 1. The van der Waals surface area contributed by atoms with Crippen LogP contribution in [0.25, 0.3) is 0 Å². The van der Waals surface area contributed by atoms with E-state index in [0.29, 0.717) is 0 Å². The predicted octanol–water partition coefficient (Wildman–Crippen LogP) is 0.956. The number of hydrogen-bond acceptors (Lipinski definition) is 4. The molecule has 12 heavy (non-hydrogen) atoms. The Labute approximate surface area is 70.7 Å². The fraction of sp³-hybridized carbons (Fsp3) is 0.500. The number of nitrogens with zero attached hydrogens (tertiary/aromatic N) is 2. The van der Waals surface area contributed by atoms with Crippen molar-refractivity contribution in [2.75, 3.05) is 6.54 Å². The summed E-state index contributed by atoms with van der Waals surface area (Å²) in [4.78, 5) is 4.28. The van der Waals surface area contributed by atoms with Gasteiger partial charge < -0.3 is 9.84 Å². The van der Waals surface area contributed by atoms with Gasteiger partial charge in [0, 0.05) is 19.0 Å². The van der Waals surface area contributed by atoms with E-state index in [2.05, 4.69) is 15.5 Å². The van der Waals surface area contributed by atoms with E-state index >= 15 is 0 Å². The Balaban J connectivity index is 1.82. The fourth-order valence-electron chi connectivity index (χ4n) is 1.21. The predicted molar refractivity (Wildman–Crippen MR) is 44.9 cm³/mol. The van der Waals surface area contributed by atoms with Crippen LogP contribution in [0.2, 0.25) is 0 Å². The molecule has 1 aromatic heterocycles. The van der Waals surface area contributed by atoms with Gasteiger partial charge in [-0.1, -0.05) is 5.16 Å². The second-order valence-corrected chi connectivity index (χ2v) is 2.78. The Bertz CT molecular complexity index is 266. The maximum atomic E-state index is 4.70. The number of hydrogen-bond donors (Lipinski definition) is 1. The van der Waals surface area contributed by atoms with Crippen molar-refractivity contribution in [1.82, 2.24) is 10.5 Å². The van der Waals surface area contributed by atoms with Crippen molar-refractivity contribution in [2.24, 2.45) is 4.99 Å². The highest BCUT2D eigenvalue weighted by Crippen LogP contribution is 2.02. The van der Waals surface area contributed by atoms with Crippen LogP contribution < -0.4 is 5.32 Å². The lowest BCUT2D eigenvalue weighted by molar-refractivity contribution is 0.411. The molecule has 0 saturated carbocycles. The Morgan fingerprint density at radius 3 is 3.25 bits per heavy atom. The van der Waals surface area contributed by atoms with Crippen LogP contribution in [0.3, 0.4) is 0 Å². The van der Waals surface area contributed by atoms with E-state index in [1.165, 1.54) is 6.42 Å². The fourth-order valence-corrected chi connectivity index (χ4v) is 1.21. The Morgan fingerprint density at radius 2 is 2.58 bits per heavy atom. The van der Waals surface area contributed by atoms with Crippen LogP contribution in [0, 0.1) is 0 Å². The molecule has 0 bridgehead atoms. The second kappa shape index (κ2) is 3.38. The van der Waals surface area contributed by atoms with Crippen molar-refractivity contribution in [3.8, 4) is 0 Å². The lowest BCUT2D eigenvalue weighted by atomic mass is 10.3. The Morgan fingerprint density at radius 1 is 1.58 bits per heavy atom. The van der Waals surface area contributed by atoms with Gasteiger partial charge in [-0.25, -0.2) is 0 Å². The summed E-state index contributed by atoms with van der Waals surface area (Å²) in [5.41, 5.74) is 0.921. The van der Waals surface area contributed by atoms with Gasteiger partial charge in [-0.15, -0.1) is 0 Å². The molecule has 1 aliphatic heterocycles. The van der Waals surface area contributed by atoms with Crippen LogP contribution in [0.5, 0.6) is 0 Å². The van der Waals surface area contributed by atoms with Crippen molar-refractivity contribution >= 4 is 5.84 Å². The smallest absolute Gasteiger partial charge is 0.124 e. The van der Waals surface area contributed by atoms with Gasteiger partial charge in [0.15, 0.2) is 0 Å². The van der Waals surface area contributed by atoms with Gasteiger partial charge >= 0.3 is 0 Å². The molecule has 4 nitrogen and oxygen atoms in total. The lowest BCUT2D eigenvalue weighted by Crippen LogP contribution is -2.20. The molecular formula is C8H11N3O. The molecule has 2 rings (SSSR count). The monoisotopic (exact) mass is 165 g/mol. The minimum absolute atomic E-state index is 0.718. The molecule has 2 heterocycles. The van der Waals surface area contributed by atoms with E-state index in [1.54, 1.807) is 6.26 Å². The van der Waals surface area contributed by atoms with Gasteiger partial charge in [-0.3, -0.25) is 4.99 Å². The summed E-state index contributed by atoms with van der Waals surface area (Å²) in [6.07, 6.45) is 3.81. The van der Waals surface area contributed by atoms with Crippen LogP contribution in [0.15, 0.2) is 21.8 Å². The maximum Gasteiger partial charge on any atom is 0.124 e. The second-order valence-electron chi connectivity index (χ2n) is 2.78. The van der Waals surface area contributed by atoms with Gasteiger partial charge in [0.1, 0.15) is 12.0 Å². The van der Waals surface area contributed by atoms with Crippen LogP contribution in [0.1, 0.15) is 18.5 Å². The SMILES string of the molecule is c1cc(CNC2=NCCC2)no1. The summed E-state index contributed by atoms with van der Waals surface area (Å²) in [7, 11) is 0. The molecule has 0 atom stereocenters. The molecule has 0 unspecified atom stereocenters. The zero-order chi connectivity index (χ0) is 8.23. The van der Waals surface area contributed by atoms with Crippen LogP contribution in [0.4, 0.5) is 0 Å². The van der Waals surface area contributed by atoms with E-state index in [1.807, 2.05) is 6.07 Å². The number of rotatable bonds is 2. The van der Waals surface area contributed by atoms with Crippen molar-refractivity contribution in [1.29, 1.82) is 0 Å². The van der Waals surface area contributed by atoms with Crippen molar-refractivity contribution in [3.63, 3.8) is 0 Å². The highest BCUT2D eigenvalue weighted by atomic mass is 16.5. The number of nitrogens with one attached hydrogen (secondary N) is 1. The van der Waals surface area contributed by atoms with Crippen LogP contribution in [-0.2, 0) is 6.54 Å². The van der Waals surface area contributed by atoms with Gasteiger partial charge in [-0.2, -0.15) is 0 Å². The van der Waals surface area contributed by atoms with Crippen molar-refractivity contribution in [2.45, 2.75) is 19.4 Å². The van der Waals surface area contributed by atoms with Gasteiger partial charge in [0.25, 0.3) is 0 Å². The quantitative estimate of drug-likeness (QED) is 0.710. The standard InChI is InChI=1S/C8H11N3O/c1-2-8(9-4-1)10-6-7-3-5-12-11-7/h3,5H,1-2,4,6H2,(H,9,10). The first kappa shape index (κ1) is 7.34. The van der Waals surface area contributed by atoms with Crippen LogP contribution >= 0.6 is 0 Å². The first-order valence-electron chi connectivity index (χ1n) is 4.11. The molecule has 4 heteroatoms. The number of aliphatic imine (C=N–C) groups is 1. The highest BCUT2D eigenvalue weighted by molar-refractivity contribution is 5.83. The molecule has 0 saturated heterocycles. The van der Waals surface area contributed by atoms with Gasteiger partial charge in [-0.05, 0) is 6.42 Å². The van der Waals surface area contributed by atoms with E-state index in [9.17, 15) is 0 Å². The average molecular weight is 165 g/mol. The van der Waals surface area contributed by atoms with E-state index in [0.717, 1.165) is 31.0 Å². The minimum Gasteiger partial charge on any atom is -0.368 e. The van der Waals surface area contributed by atoms with Crippen molar-refractivity contribution < 1.29 is 4.52 Å². The maximum absolute atomic E-state index is 4.70. The highest BCUT2D eigenvalue weighted by Gasteiger charge is 2.05. The summed E-state index contributed by atoms with van der Waals surface area (Å²) in [5, 5.41) is 7.00. The van der Waals surface area contributed by atoms with E-state index in [4.69, 9.17) is 4.52 Å². The van der Waals surface area contributed by atoms with E-state index < -0.39 is 0 Å². The molecule has 0 amide bonds. The molecule has 0 aromatic carbocycles. The van der Waals surface area contributed by atoms with E-state index in [-0.39, 0.29) is 0 Å². The molecule has 0 spiro atoms. The third-order valence-corrected chi connectivity index (χ3v) is 1.84. The molecule has 0 aliphatic carbocycles. The first-order valence-corrected chi connectivity index (χ1v) is 4.11. The molecule has 1 N–H and O–H groups in total. The lowest BCUT2D eigenvalue weighted by Gasteiger charge is -2.00. The molecule has 1 aliphatic rings. The van der Waals surface area contributed by atoms with Crippen molar-refractivity contribution in [3.05, 3.63) is 18.0 Å². The summed E-state index contributed by atoms with van der Waals surface area (Å²) in [6, 6.07) is 1.85. The van der Waals surface area contributed by atoms with Gasteiger partial charge in [0.2, 0.25) is 0 Å². The zero-order valence-electron chi connectivity index (χ0n) is 6.79. The third-order valence-electron chi connectivity index (χ3n) is 1.84.